The number of hydrogen-bond donors (Lipinski definition) is 2. The van der Waals surface area contributed by atoms with E-state index < -0.39 is 0 Å². The summed E-state index contributed by atoms with van der Waals surface area (Å²) in [6, 6.07) is 1.97. The Labute approximate surface area is 199 Å². The number of nitrogens with zero attached hydrogens (tertiary/aromatic N) is 2. The predicted octanol–water partition coefficient (Wildman–Crippen LogP) is 3.24. The van der Waals surface area contributed by atoms with Crippen molar-refractivity contribution in [1.29, 1.82) is 0 Å². The van der Waals surface area contributed by atoms with E-state index in [9.17, 15) is 4.79 Å². The van der Waals surface area contributed by atoms with Crippen LogP contribution in [0.3, 0.4) is 0 Å². The third kappa shape index (κ3) is 4.38. The number of morpholine rings is 1. The first-order valence-electron chi connectivity index (χ1n) is 12.4. The van der Waals surface area contributed by atoms with Crippen LogP contribution in [0.1, 0.15) is 61.8 Å². The van der Waals surface area contributed by atoms with Gasteiger partial charge in [-0.25, -0.2) is 4.98 Å². The Morgan fingerprint density at radius 2 is 2.12 bits per heavy atom. The summed E-state index contributed by atoms with van der Waals surface area (Å²) in [5, 5.41) is 13.0. The van der Waals surface area contributed by atoms with Gasteiger partial charge in [0.2, 0.25) is 5.91 Å². The average Bonchev–Trinajstić information content (AvgIpc) is 3.43. The van der Waals surface area contributed by atoms with Gasteiger partial charge < -0.3 is 19.9 Å². The third-order valence-electron chi connectivity index (χ3n) is 7.90. The molecule has 5 rings (SSSR count). The first kappa shape index (κ1) is 23.0. The lowest BCUT2D eigenvalue weighted by Gasteiger charge is -2.49. The van der Waals surface area contributed by atoms with Gasteiger partial charge in [-0.15, -0.1) is 11.3 Å². The molecule has 1 amide bonds. The number of hydrogen-bond acceptors (Lipinski definition) is 7. The lowest BCUT2D eigenvalue weighted by atomic mass is 9.77. The van der Waals surface area contributed by atoms with Gasteiger partial charge in [-0.05, 0) is 56.6 Å². The average molecular weight is 474 g/mol. The van der Waals surface area contributed by atoms with Gasteiger partial charge in [0, 0.05) is 36.2 Å². The van der Waals surface area contributed by atoms with E-state index in [1.807, 2.05) is 12.3 Å². The Morgan fingerprint density at radius 3 is 2.85 bits per heavy atom. The smallest absolute Gasteiger partial charge is 0.227 e. The van der Waals surface area contributed by atoms with Crippen molar-refractivity contribution in [2.24, 2.45) is 0 Å². The van der Waals surface area contributed by atoms with Gasteiger partial charge >= 0.3 is 0 Å². The molecule has 1 saturated carbocycles. The third-order valence-corrected chi connectivity index (χ3v) is 9.07. The molecule has 0 radical (unpaired) electrons. The maximum absolute atomic E-state index is 12.8. The summed E-state index contributed by atoms with van der Waals surface area (Å²) in [5.41, 5.74) is 1.37. The molecule has 33 heavy (non-hydrogen) atoms. The van der Waals surface area contributed by atoms with Crippen LogP contribution in [0.2, 0.25) is 0 Å². The molecule has 8 heteroatoms. The van der Waals surface area contributed by atoms with Crippen LogP contribution in [0, 0.1) is 0 Å². The maximum Gasteiger partial charge on any atom is 0.227 e. The number of aliphatic hydroxyl groups excluding tert-OH is 1. The minimum absolute atomic E-state index is 0.00629. The Hall–Kier alpha value is -1.74. The Balaban J connectivity index is 1.34. The van der Waals surface area contributed by atoms with Crippen molar-refractivity contribution in [2.45, 2.75) is 69.4 Å². The van der Waals surface area contributed by atoms with Gasteiger partial charge in [0.1, 0.15) is 10.6 Å². The summed E-state index contributed by atoms with van der Waals surface area (Å²) in [6.45, 7) is 6.31. The lowest BCUT2D eigenvalue weighted by molar-refractivity contribution is -0.122. The number of nitrogens with one attached hydrogen (secondary N) is 1. The van der Waals surface area contributed by atoms with Crippen LogP contribution in [0.4, 0.5) is 0 Å². The number of aromatic nitrogens is 1. The number of rotatable bonds is 7. The lowest BCUT2D eigenvalue weighted by Crippen LogP contribution is -2.55. The number of carbonyl (C=O) groups is 1. The molecule has 1 saturated heterocycles. The first-order chi connectivity index (χ1) is 16.1. The Kier molecular flexibility index (Phi) is 6.88. The van der Waals surface area contributed by atoms with Crippen LogP contribution < -0.4 is 10.1 Å². The fraction of sp³-hybridized carbons (Fsp3) is 0.680. The van der Waals surface area contributed by atoms with Crippen LogP contribution in [-0.4, -0.2) is 72.0 Å². The van der Waals surface area contributed by atoms with E-state index in [1.165, 1.54) is 11.3 Å². The zero-order valence-electron chi connectivity index (χ0n) is 19.5. The van der Waals surface area contributed by atoms with E-state index in [0.717, 1.165) is 86.4 Å². The quantitative estimate of drug-likeness (QED) is 0.642. The first-order valence-corrected chi connectivity index (χ1v) is 13.2. The number of ether oxygens (including phenoxy) is 2. The van der Waals surface area contributed by atoms with Crippen LogP contribution in [0.15, 0.2) is 12.3 Å². The van der Waals surface area contributed by atoms with Crippen molar-refractivity contribution in [2.75, 3.05) is 39.5 Å². The molecular formula is C25H35N3O4S. The highest BCUT2D eigenvalue weighted by Crippen LogP contribution is 2.47. The molecule has 7 nitrogen and oxygen atoms in total. The minimum atomic E-state index is -0.188. The summed E-state index contributed by atoms with van der Waals surface area (Å²) in [5.74, 6) is 0.681. The number of thiophene rings is 1. The van der Waals surface area contributed by atoms with Crippen molar-refractivity contribution < 1.29 is 19.4 Å². The molecule has 2 aromatic rings. The molecule has 1 atom stereocenters. The van der Waals surface area contributed by atoms with Crippen molar-refractivity contribution in [3.63, 3.8) is 0 Å². The molecule has 2 aromatic heterocycles. The van der Waals surface area contributed by atoms with Crippen molar-refractivity contribution in [3.8, 4) is 5.75 Å². The monoisotopic (exact) mass is 473 g/mol. The van der Waals surface area contributed by atoms with Gasteiger partial charge in [-0.2, -0.15) is 0 Å². The van der Waals surface area contributed by atoms with Gasteiger partial charge in [0.25, 0.3) is 0 Å². The molecule has 180 valence electrons. The molecule has 3 aliphatic rings. The summed E-state index contributed by atoms with van der Waals surface area (Å²) in [6.07, 6.45) is 9.28. The summed E-state index contributed by atoms with van der Waals surface area (Å²) >= 11 is 1.69. The highest BCUT2D eigenvalue weighted by molar-refractivity contribution is 7.19. The molecule has 3 heterocycles. The normalized spacial score (nSPS) is 28.1. The second-order valence-corrected chi connectivity index (χ2v) is 10.6. The summed E-state index contributed by atoms with van der Waals surface area (Å²) in [4.78, 5) is 22.2. The predicted molar refractivity (Wildman–Crippen MR) is 129 cm³/mol. The van der Waals surface area contributed by atoms with E-state index in [0.29, 0.717) is 6.54 Å². The zero-order chi connectivity index (χ0) is 22.8. The molecule has 2 fully saturated rings. The second-order valence-electron chi connectivity index (χ2n) is 9.53. The number of aliphatic hydroxyl groups is 1. The van der Waals surface area contributed by atoms with E-state index in [1.54, 1.807) is 11.3 Å². The number of aryl methyl sites for hydroxylation is 1. The number of amides is 1. The standard InChI is InChI=1S/C25H35N3O4S/c1-2-25(28-12-15-31-16-13-28)8-5-17(6-9-25)32-19-7-10-27-24-22(19)21-18(3-4-20(21)33-24)23(30)26-11-14-29/h7,10,17-18,29H,2-6,8-9,11-16H2,1H3,(H,26,30)/t17-,18-,25-/m0/s1. The van der Waals surface area contributed by atoms with Gasteiger partial charge in [-0.1, -0.05) is 6.92 Å². The largest absolute Gasteiger partial charge is 0.490 e. The van der Waals surface area contributed by atoms with Gasteiger partial charge in [-0.3, -0.25) is 9.69 Å². The SMILES string of the molecule is CC[C@]1(N2CCOCC2)CC[C@H](Oc2ccnc3sc4c(c23)[C@@H](C(=O)NCCO)CC4)CC1. The topological polar surface area (TPSA) is 83.9 Å². The molecule has 1 aliphatic heterocycles. The highest BCUT2D eigenvalue weighted by Gasteiger charge is 2.40. The molecule has 0 unspecified atom stereocenters. The molecule has 0 bridgehead atoms. The van der Waals surface area contributed by atoms with Crippen LogP contribution in [-0.2, 0) is 16.0 Å². The van der Waals surface area contributed by atoms with E-state index in [4.69, 9.17) is 14.6 Å². The van der Waals surface area contributed by atoms with Gasteiger partial charge in [0.15, 0.2) is 0 Å². The van der Waals surface area contributed by atoms with Crippen LogP contribution >= 0.6 is 11.3 Å². The molecule has 2 N–H and O–H groups in total. The number of carbonyl (C=O) groups excluding carboxylic acids is 1. The molecular weight excluding hydrogens is 438 g/mol. The second kappa shape index (κ2) is 9.86. The maximum atomic E-state index is 12.8. The van der Waals surface area contributed by atoms with Crippen molar-refractivity contribution in [3.05, 3.63) is 22.7 Å². The van der Waals surface area contributed by atoms with E-state index in [-0.39, 0.29) is 30.1 Å². The van der Waals surface area contributed by atoms with Crippen molar-refractivity contribution in [1.82, 2.24) is 15.2 Å². The van der Waals surface area contributed by atoms with Gasteiger partial charge in [0.05, 0.1) is 37.2 Å². The number of pyridine rings is 1. The van der Waals surface area contributed by atoms with E-state index >= 15 is 0 Å². The van der Waals surface area contributed by atoms with E-state index in [2.05, 4.69) is 22.1 Å². The van der Waals surface area contributed by atoms with Crippen LogP contribution in [0.25, 0.3) is 10.2 Å². The highest BCUT2D eigenvalue weighted by atomic mass is 32.1. The number of fused-ring (bicyclic) bond motifs is 3. The summed E-state index contributed by atoms with van der Waals surface area (Å²) < 4.78 is 12.2. The Morgan fingerprint density at radius 1 is 1.33 bits per heavy atom. The molecule has 0 aromatic carbocycles. The fourth-order valence-corrected chi connectivity index (χ4v) is 7.29. The fourth-order valence-electron chi connectivity index (χ4n) is 6.06. The van der Waals surface area contributed by atoms with Crippen LogP contribution in [0.5, 0.6) is 5.75 Å². The Bertz CT molecular complexity index is 979. The minimum Gasteiger partial charge on any atom is -0.490 e. The van der Waals surface area contributed by atoms with Crippen molar-refractivity contribution >= 4 is 27.5 Å². The molecule has 0 spiro atoms. The molecule has 2 aliphatic carbocycles. The zero-order valence-corrected chi connectivity index (χ0v) is 20.3. The summed E-state index contributed by atoms with van der Waals surface area (Å²) in [7, 11) is 0.